The molecular formula is C13H19N3O3. The first-order valence-corrected chi connectivity index (χ1v) is 6.21. The fraction of sp³-hybridized carbons (Fsp3) is 0.462. The van der Waals surface area contributed by atoms with Crippen LogP contribution < -0.4 is 11.1 Å². The van der Waals surface area contributed by atoms with Gasteiger partial charge in [0.15, 0.2) is 0 Å². The van der Waals surface area contributed by atoms with Gasteiger partial charge in [-0.15, -0.1) is 0 Å². The molecule has 1 rings (SSSR count). The van der Waals surface area contributed by atoms with Crippen molar-refractivity contribution in [2.24, 2.45) is 5.73 Å². The van der Waals surface area contributed by atoms with Gasteiger partial charge < -0.3 is 15.8 Å². The molecule has 0 radical (unpaired) electrons. The maximum absolute atomic E-state index is 11.2. The highest BCUT2D eigenvalue weighted by atomic mass is 16.5. The lowest BCUT2D eigenvalue weighted by Gasteiger charge is -2.09. The molecule has 104 valence electrons. The van der Waals surface area contributed by atoms with Crippen LogP contribution in [-0.4, -0.2) is 30.0 Å². The Morgan fingerprint density at radius 1 is 1.42 bits per heavy atom. The van der Waals surface area contributed by atoms with Crippen LogP contribution in [0, 0.1) is 6.92 Å². The molecule has 3 N–H and O–H groups in total. The Hall–Kier alpha value is -2.11. The third-order valence-electron chi connectivity index (χ3n) is 2.46. The molecule has 0 fully saturated rings. The van der Waals surface area contributed by atoms with E-state index in [2.05, 4.69) is 10.3 Å². The van der Waals surface area contributed by atoms with Gasteiger partial charge in [0, 0.05) is 18.7 Å². The minimum atomic E-state index is -0.527. The first-order chi connectivity index (χ1) is 9.04. The average molecular weight is 265 g/mol. The largest absolute Gasteiger partial charge is 0.466 e. The molecule has 0 spiro atoms. The maximum Gasteiger partial charge on any atom is 0.305 e. The molecule has 6 heteroatoms. The number of carbonyl (C=O) groups excluding carboxylic acids is 2. The molecule has 1 aromatic heterocycles. The minimum Gasteiger partial charge on any atom is -0.466 e. The van der Waals surface area contributed by atoms with E-state index in [1.165, 1.54) is 0 Å². The topological polar surface area (TPSA) is 94.3 Å². The van der Waals surface area contributed by atoms with Gasteiger partial charge in [0.25, 0.3) is 5.91 Å². The van der Waals surface area contributed by atoms with Gasteiger partial charge >= 0.3 is 5.97 Å². The number of nitrogens with one attached hydrogen (secondary N) is 1. The van der Waals surface area contributed by atoms with E-state index in [0.717, 1.165) is 5.69 Å². The molecule has 1 amide bonds. The number of pyridine rings is 1. The molecule has 0 aromatic carbocycles. The Morgan fingerprint density at radius 2 is 2.16 bits per heavy atom. The highest BCUT2D eigenvalue weighted by molar-refractivity contribution is 5.97. The predicted molar refractivity (Wildman–Crippen MR) is 71.8 cm³/mol. The maximum atomic E-state index is 11.2. The lowest BCUT2D eigenvalue weighted by Crippen LogP contribution is -2.17. The number of primary amides is 1. The Morgan fingerprint density at radius 3 is 2.79 bits per heavy atom. The van der Waals surface area contributed by atoms with Crippen molar-refractivity contribution in [3.8, 4) is 0 Å². The highest BCUT2D eigenvalue weighted by Crippen LogP contribution is 2.12. The molecule has 1 aromatic rings. The summed E-state index contributed by atoms with van der Waals surface area (Å²) in [5, 5.41) is 3.01. The molecule has 0 saturated heterocycles. The summed E-state index contributed by atoms with van der Waals surface area (Å²) >= 11 is 0. The second kappa shape index (κ2) is 7.35. The quantitative estimate of drug-likeness (QED) is 0.571. The van der Waals surface area contributed by atoms with Gasteiger partial charge in [-0.25, -0.2) is 4.98 Å². The SMILES string of the molecule is CCOC(=O)CCCNc1nc(C)ccc1C(N)=O. The predicted octanol–water partition coefficient (Wildman–Crippen LogP) is 1.24. The number of aromatic nitrogens is 1. The van der Waals surface area contributed by atoms with E-state index in [0.29, 0.717) is 37.4 Å². The minimum absolute atomic E-state index is 0.225. The first-order valence-electron chi connectivity index (χ1n) is 6.21. The van der Waals surface area contributed by atoms with Crippen molar-refractivity contribution in [3.63, 3.8) is 0 Å². The fourth-order valence-corrected chi connectivity index (χ4v) is 1.56. The molecule has 1 heterocycles. The molecule has 0 bridgehead atoms. The third-order valence-corrected chi connectivity index (χ3v) is 2.46. The molecule has 0 unspecified atom stereocenters. The van der Waals surface area contributed by atoms with Crippen molar-refractivity contribution in [1.82, 2.24) is 4.98 Å². The van der Waals surface area contributed by atoms with E-state index in [1.54, 1.807) is 19.1 Å². The highest BCUT2D eigenvalue weighted by Gasteiger charge is 2.09. The zero-order chi connectivity index (χ0) is 14.3. The van der Waals surface area contributed by atoms with Gasteiger partial charge in [0.05, 0.1) is 12.2 Å². The van der Waals surface area contributed by atoms with Crippen LogP contribution in [0.15, 0.2) is 12.1 Å². The molecule has 19 heavy (non-hydrogen) atoms. The van der Waals surface area contributed by atoms with Gasteiger partial charge in [-0.3, -0.25) is 9.59 Å². The molecular weight excluding hydrogens is 246 g/mol. The average Bonchev–Trinajstić information content (AvgIpc) is 2.34. The van der Waals surface area contributed by atoms with E-state index < -0.39 is 5.91 Å². The summed E-state index contributed by atoms with van der Waals surface area (Å²) in [7, 11) is 0. The van der Waals surface area contributed by atoms with Gasteiger partial charge in [-0.1, -0.05) is 0 Å². The molecule has 0 aliphatic rings. The second-order valence-corrected chi connectivity index (χ2v) is 4.05. The zero-order valence-electron chi connectivity index (χ0n) is 11.2. The van der Waals surface area contributed by atoms with Crippen LogP contribution in [0.5, 0.6) is 0 Å². The van der Waals surface area contributed by atoms with Gasteiger partial charge in [0.2, 0.25) is 0 Å². The van der Waals surface area contributed by atoms with Crippen LogP contribution in [0.3, 0.4) is 0 Å². The standard InChI is InChI=1S/C13H19N3O3/c1-3-19-11(17)5-4-8-15-13-10(12(14)18)7-6-9(2)16-13/h6-7H,3-5,8H2,1-2H3,(H2,14,18)(H,15,16). The van der Waals surface area contributed by atoms with E-state index in [9.17, 15) is 9.59 Å². The molecule has 6 nitrogen and oxygen atoms in total. The molecule has 0 atom stereocenters. The van der Waals surface area contributed by atoms with E-state index in [-0.39, 0.29) is 5.97 Å². The van der Waals surface area contributed by atoms with Crippen LogP contribution in [0.2, 0.25) is 0 Å². The van der Waals surface area contributed by atoms with Crippen LogP contribution in [0.4, 0.5) is 5.82 Å². The number of aryl methyl sites for hydroxylation is 1. The molecule has 0 saturated carbocycles. The number of carbonyl (C=O) groups is 2. The number of esters is 1. The lowest BCUT2D eigenvalue weighted by molar-refractivity contribution is -0.143. The van der Waals surface area contributed by atoms with Gasteiger partial charge in [-0.05, 0) is 32.4 Å². The molecule has 0 aliphatic carbocycles. The van der Waals surface area contributed by atoms with E-state index in [4.69, 9.17) is 10.5 Å². The van der Waals surface area contributed by atoms with Crippen molar-refractivity contribution >= 4 is 17.7 Å². The Balaban J connectivity index is 2.51. The smallest absolute Gasteiger partial charge is 0.305 e. The van der Waals surface area contributed by atoms with Crippen molar-refractivity contribution in [3.05, 3.63) is 23.4 Å². The number of anilines is 1. The normalized spacial score (nSPS) is 10.0. The van der Waals surface area contributed by atoms with Crippen molar-refractivity contribution < 1.29 is 14.3 Å². The lowest BCUT2D eigenvalue weighted by atomic mass is 10.2. The monoisotopic (exact) mass is 265 g/mol. The number of nitrogens with two attached hydrogens (primary N) is 1. The summed E-state index contributed by atoms with van der Waals surface area (Å²) in [6, 6.07) is 3.36. The summed E-state index contributed by atoms with van der Waals surface area (Å²) in [5.74, 6) is -0.298. The number of hydrogen-bond acceptors (Lipinski definition) is 5. The fourth-order valence-electron chi connectivity index (χ4n) is 1.56. The summed E-state index contributed by atoms with van der Waals surface area (Å²) in [6.45, 7) is 4.51. The van der Waals surface area contributed by atoms with Crippen LogP contribution in [0.1, 0.15) is 35.8 Å². The number of hydrogen-bond donors (Lipinski definition) is 2. The van der Waals surface area contributed by atoms with E-state index in [1.807, 2.05) is 6.92 Å². The zero-order valence-corrected chi connectivity index (χ0v) is 11.2. The molecule has 0 aliphatic heterocycles. The van der Waals surface area contributed by atoms with Crippen molar-refractivity contribution in [2.45, 2.75) is 26.7 Å². The van der Waals surface area contributed by atoms with E-state index >= 15 is 0 Å². The summed E-state index contributed by atoms with van der Waals surface area (Å²) < 4.78 is 4.82. The number of nitrogens with zero attached hydrogens (tertiary/aromatic N) is 1. The van der Waals surface area contributed by atoms with Crippen LogP contribution in [-0.2, 0) is 9.53 Å². The Labute approximate surface area is 112 Å². The second-order valence-electron chi connectivity index (χ2n) is 4.05. The summed E-state index contributed by atoms with van der Waals surface area (Å²) in [4.78, 5) is 26.6. The Bertz CT molecular complexity index is 460. The third kappa shape index (κ3) is 4.95. The Kier molecular flexibility index (Phi) is 5.78. The summed E-state index contributed by atoms with van der Waals surface area (Å²) in [6.07, 6.45) is 0.936. The number of ether oxygens (including phenoxy) is 1. The van der Waals surface area contributed by atoms with Crippen molar-refractivity contribution in [1.29, 1.82) is 0 Å². The van der Waals surface area contributed by atoms with Gasteiger partial charge in [0.1, 0.15) is 5.82 Å². The number of rotatable bonds is 7. The van der Waals surface area contributed by atoms with Gasteiger partial charge in [-0.2, -0.15) is 0 Å². The van der Waals surface area contributed by atoms with Crippen LogP contribution in [0.25, 0.3) is 0 Å². The number of amides is 1. The first kappa shape index (κ1) is 14.9. The van der Waals surface area contributed by atoms with Crippen molar-refractivity contribution in [2.75, 3.05) is 18.5 Å². The van der Waals surface area contributed by atoms with Crippen LogP contribution >= 0.6 is 0 Å². The summed E-state index contributed by atoms with van der Waals surface area (Å²) in [5.41, 5.74) is 6.40.